The maximum absolute atomic E-state index is 12.3. The van der Waals surface area contributed by atoms with E-state index >= 15 is 0 Å². The van der Waals surface area contributed by atoms with Gasteiger partial charge in [0.1, 0.15) is 5.75 Å². The van der Waals surface area contributed by atoms with Gasteiger partial charge in [-0.2, -0.15) is 0 Å². The van der Waals surface area contributed by atoms with Crippen molar-refractivity contribution < 1.29 is 14.3 Å². The van der Waals surface area contributed by atoms with E-state index in [-0.39, 0.29) is 11.1 Å². The molecule has 0 unspecified atom stereocenters. The van der Waals surface area contributed by atoms with Gasteiger partial charge in [-0.3, -0.25) is 14.9 Å². The van der Waals surface area contributed by atoms with Gasteiger partial charge in [-0.25, -0.2) is 0 Å². The van der Waals surface area contributed by atoms with Crippen molar-refractivity contribution in [2.24, 2.45) is 0 Å². The van der Waals surface area contributed by atoms with Crippen LogP contribution in [-0.2, 0) is 11.2 Å². The number of aromatic nitrogens is 1. The highest BCUT2D eigenvalue weighted by atomic mass is 32.2. The van der Waals surface area contributed by atoms with Crippen LogP contribution >= 0.6 is 11.8 Å². The molecule has 0 aliphatic carbocycles. The minimum absolute atomic E-state index is 0.335. The molecule has 1 aliphatic heterocycles. The highest BCUT2D eigenvalue weighted by molar-refractivity contribution is 8.18. The van der Waals surface area contributed by atoms with Crippen LogP contribution in [0.15, 0.2) is 59.6 Å². The fourth-order valence-corrected chi connectivity index (χ4v) is 3.88. The third kappa shape index (κ3) is 2.99. The van der Waals surface area contributed by atoms with Crippen molar-refractivity contribution in [1.29, 1.82) is 0 Å². The van der Waals surface area contributed by atoms with Gasteiger partial charge >= 0.3 is 0 Å². The Hall–Kier alpha value is -2.99. The number of aromatic amines is 1. The van der Waals surface area contributed by atoms with Gasteiger partial charge < -0.3 is 9.72 Å². The SMILES string of the molecule is COc1ccc(CC(=C2SC(=O)NC2=O)c2cccc3[nH]ccc23)cc1. The van der Waals surface area contributed by atoms with Gasteiger partial charge in [0.05, 0.1) is 12.0 Å². The molecule has 1 saturated heterocycles. The number of carbonyl (C=O) groups is 2. The van der Waals surface area contributed by atoms with Gasteiger partial charge in [-0.1, -0.05) is 24.3 Å². The first-order chi connectivity index (χ1) is 12.7. The van der Waals surface area contributed by atoms with Crippen LogP contribution < -0.4 is 10.1 Å². The number of benzene rings is 2. The average Bonchev–Trinajstić information content (AvgIpc) is 3.26. The largest absolute Gasteiger partial charge is 0.497 e. The Labute approximate surface area is 154 Å². The predicted octanol–water partition coefficient (Wildman–Crippen LogP) is 4.11. The number of nitrogens with one attached hydrogen (secondary N) is 2. The van der Waals surface area contributed by atoms with E-state index in [2.05, 4.69) is 10.3 Å². The van der Waals surface area contributed by atoms with Crippen LogP contribution in [0.1, 0.15) is 11.1 Å². The monoisotopic (exact) mass is 364 g/mol. The smallest absolute Gasteiger partial charge is 0.290 e. The Kier molecular flexibility index (Phi) is 4.26. The molecular formula is C20H16N2O3S. The van der Waals surface area contributed by atoms with Crippen molar-refractivity contribution in [3.05, 3.63) is 70.8 Å². The van der Waals surface area contributed by atoms with E-state index in [0.717, 1.165) is 45.1 Å². The van der Waals surface area contributed by atoms with Crippen LogP contribution in [0, 0.1) is 0 Å². The van der Waals surface area contributed by atoms with E-state index in [1.165, 1.54) is 0 Å². The summed E-state index contributed by atoms with van der Waals surface area (Å²) < 4.78 is 5.21. The molecule has 3 aromatic rings. The predicted molar refractivity (Wildman–Crippen MR) is 103 cm³/mol. The number of carbonyl (C=O) groups excluding carboxylic acids is 2. The molecule has 4 rings (SSSR count). The first kappa shape index (κ1) is 16.5. The van der Waals surface area contributed by atoms with Crippen molar-refractivity contribution in [3.63, 3.8) is 0 Å². The fraction of sp³-hybridized carbons (Fsp3) is 0.100. The van der Waals surface area contributed by atoms with E-state index in [1.54, 1.807) is 7.11 Å². The number of ether oxygens (including phenoxy) is 1. The molecule has 2 heterocycles. The van der Waals surface area contributed by atoms with Crippen molar-refractivity contribution in [1.82, 2.24) is 10.3 Å². The van der Waals surface area contributed by atoms with Crippen molar-refractivity contribution in [3.8, 4) is 5.75 Å². The third-order valence-electron chi connectivity index (χ3n) is 4.35. The Morgan fingerprint density at radius 2 is 1.88 bits per heavy atom. The summed E-state index contributed by atoms with van der Waals surface area (Å²) in [4.78, 5) is 27.7. The zero-order valence-corrected chi connectivity index (χ0v) is 14.9. The lowest BCUT2D eigenvalue weighted by Crippen LogP contribution is -2.18. The van der Waals surface area contributed by atoms with Crippen molar-refractivity contribution in [2.45, 2.75) is 6.42 Å². The molecule has 1 fully saturated rings. The molecule has 2 aromatic carbocycles. The number of allylic oxidation sites excluding steroid dienone is 1. The van der Waals surface area contributed by atoms with Gasteiger partial charge in [0.2, 0.25) is 0 Å². The summed E-state index contributed by atoms with van der Waals surface area (Å²) in [5, 5.41) is 3.05. The van der Waals surface area contributed by atoms with Gasteiger partial charge in [-0.05, 0) is 59.1 Å². The number of hydrogen-bond donors (Lipinski definition) is 2. The molecule has 2 amide bonds. The fourth-order valence-electron chi connectivity index (χ4n) is 3.11. The summed E-state index contributed by atoms with van der Waals surface area (Å²) in [6, 6.07) is 15.6. The lowest BCUT2D eigenvalue weighted by atomic mass is 9.95. The molecule has 0 spiro atoms. The number of methoxy groups -OCH3 is 1. The van der Waals surface area contributed by atoms with Crippen molar-refractivity contribution in [2.75, 3.05) is 7.11 Å². The minimum Gasteiger partial charge on any atom is -0.497 e. The molecule has 0 saturated carbocycles. The van der Waals surface area contributed by atoms with Crippen LogP contribution in [-0.4, -0.2) is 23.2 Å². The van der Waals surface area contributed by atoms with Gasteiger partial charge in [0, 0.05) is 17.1 Å². The Balaban J connectivity index is 1.85. The second kappa shape index (κ2) is 6.72. The van der Waals surface area contributed by atoms with Crippen LogP contribution in [0.4, 0.5) is 4.79 Å². The topological polar surface area (TPSA) is 71.2 Å². The van der Waals surface area contributed by atoms with Gasteiger partial charge in [-0.15, -0.1) is 0 Å². The molecule has 5 nitrogen and oxygen atoms in total. The van der Waals surface area contributed by atoms with E-state index in [1.807, 2.05) is 54.7 Å². The van der Waals surface area contributed by atoms with E-state index in [4.69, 9.17) is 4.74 Å². The molecule has 1 aliphatic rings. The molecule has 130 valence electrons. The maximum Gasteiger partial charge on any atom is 0.290 e. The average molecular weight is 364 g/mol. The lowest BCUT2D eigenvalue weighted by molar-refractivity contribution is -0.115. The van der Waals surface area contributed by atoms with E-state index < -0.39 is 0 Å². The number of thioether (sulfide) groups is 1. The number of hydrogen-bond acceptors (Lipinski definition) is 4. The molecule has 0 atom stereocenters. The first-order valence-corrected chi connectivity index (χ1v) is 8.93. The molecular weight excluding hydrogens is 348 g/mol. The third-order valence-corrected chi connectivity index (χ3v) is 5.27. The number of fused-ring (bicyclic) bond motifs is 1. The standard InChI is InChI=1S/C20H16N2O3S/c1-25-13-7-5-12(6-8-13)11-16(18-19(23)22-20(24)26-18)14-3-2-4-17-15(14)9-10-21-17/h2-10,21H,11H2,1H3,(H,22,23,24). The maximum atomic E-state index is 12.3. The normalized spacial score (nSPS) is 16.0. The quantitative estimate of drug-likeness (QED) is 0.684. The zero-order chi connectivity index (χ0) is 18.1. The summed E-state index contributed by atoms with van der Waals surface area (Å²) in [5.74, 6) is 0.440. The molecule has 0 bridgehead atoms. The number of amides is 2. The molecule has 1 aromatic heterocycles. The van der Waals surface area contributed by atoms with Crippen LogP contribution in [0.25, 0.3) is 16.5 Å². The Morgan fingerprint density at radius 3 is 2.58 bits per heavy atom. The number of imide groups is 1. The first-order valence-electron chi connectivity index (χ1n) is 8.11. The number of H-pyrrole nitrogens is 1. The highest BCUT2D eigenvalue weighted by Gasteiger charge is 2.29. The van der Waals surface area contributed by atoms with Crippen LogP contribution in [0.5, 0.6) is 5.75 Å². The van der Waals surface area contributed by atoms with Crippen molar-refractivity contribution >= 4 is 39.4 Å². The molecule has 26 heavy (non-hydrogen) atoms. The summed E-state index contributed by atoms with van der Waals surface area (Å²) in [6.07, 6.45) is 2.41. The zero-order valence-electron chi connectivity index (χ0n) is 14.0. The molecule has 2 N–H and O–H groups in total. The Bertz CT molecular complexity index is 1030. The summed E-state index contributed by atoms with van der Waals surface area (Å²) >= 11 is 0.960. The van der Waals surface area contributed by atoms with Gasteiger partial charge in [0.25, 0.3) is 11.1 Å². The van der Waals surface area contributed by atoms with Crippen LogP contribution in [0.3, 0.4) is 0 Å². The lowest BCUT2D eigenvalue weighted by Gasteiger charge is -2.12. The molecule has 0 radical (unpaired) electrons. The second-order valence-electron chi connectivity index (χ2n) is 5.92. The summed E-state index contributed by atoms with van der Waals surface area (Å²) in [7, 11) is 1.63. The van der Waals surface area contributed by atoms with Crippen LogP contribution in [0.2, 0.25) is 0 Å². The van der Waals surface area contributed by atoms with Gasteiger partial charge in [0.15, 0.2) is 0 Å². The molecule has 6 heteroatoms. The summed E-state index contributed by atoms with van der Waals surface area (Å²) in [5.41, 5.74) is 3.82. The van der Waals surface area contributed by atoms with E-state index in [9.17, 15) is 9.59 Å². The Morgan fingerprint density at radius 1 is 1.08 bits per heavy atom. The highest BCUT2D eigenvalue weighted by Crippen LogP contribution is 2.36. The minimum atomic E-state index is -0.337. The second-order valence-corrected chi connectivity index (χ2v) is 6.90. The summed E-state index contributed by atoms with van der Waals surface area (Å²) in [6.45, 7) is 0. The van der Waals surface area contributed by atoms with E-state index in [0.29, 0.717) is 11.3 Å². The number of rotatable bonds is 4.